The van der Waals surface area contributed by atoms with Crippen LogP contribution in [0.1, 0.15) is 50.6 Å². The standard InChI is InChI=1S/C26H31N3O6S2/c1-4-5-14-34-21-8-6-18(7-9-21)15-20(16-22-10-11-23(35-22)29(32)33)27-13-12-19-17-36-25(28-19)37-26(2,3)24(30)31/h6-11,15,17,27H,4-5,12-14,16H2,1-3H3,(H,30,31)/b20-15+. The van der Waals surface area contributed by atoms with E-state index in [1.54, 1.807) is 19.9 Å². The summed E-state index contributed by atoms with van der Waals surface area (Å²) < 4.78 is 10.8. The van der Waals surface area contributed by atoms with Gasteiger partial charge in [-0.25, -0.2) is 4.98 Å². The molecule has 0 amide bonds. The molecule has 0 spiro atoms. The molecule has 11 heteroatoms. The van der Waals surface area contributed by atoms with Gasteiger partial charge in [0.25, 0.3) is 0 Å². The van der Waals surface area contributed by atoms with E-state index in [0.717, 1.165) is 35.5 Å². The average molecular weight is 546 g/mol. The molecule has 0 aliphatic heterocycles. The summed E-state index contributed by atoms with van der Waals surface area (Å²) in [7, 11) is 0. The molecule has 0 aliphatic carbocycles. The summed E-state index contributed by atoms with van der Waals surface area (Å²) in [5.74, 6) is 0.113. The summed E-state index contributed by atoms with van der Waals surface area (Å²) in [6.45, 7) is 6.68. The Kier molecular flexibility index (Phi) is 10.2. The molecular formula is C26H31N3O6S2. The van der Waals surface area contributed by atoms with Crippen molar-refractivity contribution < 1.29 is 24.0 Å². The summed E-state index contributed by atoms with van der Waals surface area (Å²) >= 11 is 2.66. The van der Waals surface area contributed by atoms with Crippen LogP contribution in [-0.2, 0) is 17.6 Å². The number of thioether (sulfide) groups is 1. The Morgan fingerprint density at radius 2 is 2.05 bits per heavy atom. The van der Waals surface area contributed by atoms with Gasteiger partial charge in [0.05, 0.1) is 18.4 Å². The summed E-state index contributed by atoms with van der Waals surface area (Å²) in [5.41, 5.74) is 2.65. The number of nitrogens with zero attached hydrogens (tertiary/aromatic N) is 2. The van der Waals surface area contributed by atoms with Crippen LogP contribution < -0.4 is 10.1 Å². The average Bonchev–Trinajstić information content (AvgIpc) is 3.49. The third kappa shape index (κ3) is 8.94. The second kappa shape index (κ2) is 13.3. The number of carbonyl (C=O) groups is 1. The van der Waals surface area contributed by atoms with E-state index in [0.29, 0.717) is 36.1 Å². The first-order valence-corrected chi connectivity index (χ1v) is 13.6. The quantitative estimate of drug-likeness (QED) is 0.0993. The lowest BCUT2D eigenvalue weighted by Gasteiger charge is -2.15. The molecule has 0 radical (unpaired) electrons. The van der Waals surface area contributed by atoms with Crippen LogP contribution in [-0.4, -0.2) is 38.9 Å². The van der Waals surface area contributed by atoms with Gasteiger partial charge in [0.2, 0.25) is 0 Å². The fraction of sp³-hybridized carbons (Fsp3) is 0.385. The molecule has 0 atom stereocenters. The number of unbranched alkanes of at least 4 members (excludes halogenated alkanes) is 1. The number of nitrogens with one attached hydrogen (secondary N) is 1. The number of carboxylic acid groups (broad SMARTS) is 1. The maximum atomic E-state index is 11.4. The van der Waals surface area contributed by atoms with E-state index in [2.05, 4.69) is 17.2 Å². The molecule has 9 nitrogen and oxygen atoms in total. The lowest BCUT2D eigenvalue weighted by Crippen LogP contribution is -2.26. The van der Waals surface area contributed by atoms with Gasteiger partial charge in [-0.05, 0) is 50.1 Å². The van der Waals surface area contributed by atoms with Crippen LogP contribution in [0.3, 0.4) is 0 Å². The molecule has 3 aromatic rings. The number of hydrogen-bond donors (Lipinski definition) is 2. The predicted molar refractivity (Wildman–Crippen MR) is 145 cm³/mol. The molecule has 0 fully saturated rings. The Morgan fingerprint density at radius 1 is 1.30 bits per heavy atom. The van der Waals surface area contributed by atoms with Crippen molar-refractivity contribution in [1.82, 2.24) is 10.3 Å². The fourth-order valence-corrected chi connectivity index (χ4v) is 5.40. The minimum absolute atomic E-state index is 0.292. The second-order valence-corrected chi connectivity index (χ2v) is 11.5. The number of furan rings is 1. The number of carboxylic acids is 1. The zero-order chi connectivity index (χ0) is 26.8. The van der Waals surface area contributed by atoms with Crippen LogP contribution in [0.2, 0.25) is 0 Å². The first-order chi connectivity index (χ1) is 17.7. The van der Waals surface area contributed by atoms with Crippen LogP contribution in [0.15, 0.2) is 56.2 Å². The third-order valence-electron chi connectivity index (χ3n) is 5.30. The molecule has 3 rings (SSSR count). The van der Waals surface area contributed by atoms with Crippen LogP contribution >= 0.6 is 23.1 Å². The first kappa shape index (κ1) is 28.3. The Bertz CT molecular complexity index is 1220. The number of nitro groups is 1. The minimum atomic E-state index is -0.953. The van der Waals surface area contributed by atoms with E-state index >= 15 is 0 Å². The number of thiazole rings is 1. The van der Waals surface area contributed by atoms with Gasteiger partial charge < -0.3 is 19.6 Å². The fourth-order valence-electron chi connectivity index (χ4n) is 3.17. The van der Waals surface area contributed by atoms with E-state index in [1.807, 2.05) is 35.7 Å². The molecule has 0 bridgehead atoms. The zero-order valence-electron chi connectivity index (χ0n) is 21.1. The SMILES string of the molecule is CCCCOc1ccc(/C=C(\Cc2ccc([N+](=O)[O-])o2)NCCc2csc(SC(C)(C)C(=O)O)n2)cc1. The lowest BCUT2D eigenvalue weighted by molar-refractivity contribution is -0.402. The Hall–Kier alpha value is -3.31. The van der Waals surface area contributed by atoms with Crippen LogP contribution in [0.25, 0.3) is 6.08 Å². The minimum Gasteiger partial charge on any atom is -0.494 e. The highest BCUT2D eigenvalue weighted by Crippen LogP contribution is 2.34. The van der Waals surface area contributed by atoms with Crippen molar-refractivity contribution in [3.05, 3.63) is 74.6 Å². The summed E-state index contributed by atoms with van der Waals surface area (Å²) in [6, 6.07) is 10.7. The molecule has 0 unspecified atom stereocenters. The van der Waals surface area contributed by atoms with E-state index in [-0.39, 0.29) is 5.88 Å². The largest absolute Gasteiger partial charge is 0.494 e. The summed E-state index contributed by atoms with van der Waals surface area (Å²) in [6.07, 6.45) is 5.03. The molecule has 2 N–H and O–H groups in total. The van der Waals surface area contributed by atoms with Crippen molar-refractivity contribution in [1.29, 1.82) is 0 Å². The zero-order valence-corrected chi connectivity index (χ0v) is 22.7. The van der Waals surface area contributed by atoms with Gasteiger partial charge in [-0.2, -0.15) is 0 Å². The van der Waals surface area contributed by atoms with Gasteiger partial charge in [0.1, 0.15) is 21.2 Å². The topological polar surface area (TPSA) is 128 Å². The van der Waals surface area contributed by atoms with Crippen molar-refractivity contribution in [3.63, 3.8) is 0 Å². The van der Waals surface area contributed by atoms with Crippen molar-refractivity contribution in [2.45, 2.75) is 55.5 Å². The molecule has 2 heterocycles. The Labute approximate surface area is 224 Å². The van der Waals surface area contributed by atoms with E-state index in [4.69, 9.17) is 9.15 Å². The first-order valence-electron chi connectivity index (χ1n) is 11.9. The van der Waals surface area contributed by atoms with Gasteiger partial charge >= 0.3 is 11.9 Å². The highest BCUT2D eigenvalue weighted by molar-refractivity contribution is 8.03. The maximum Gasteiger partial charge on any atom is 0.433 e. The van der Waals surface area contributed by atoms with Gasteiger partial charge in [0, 0.05) is 30.5 Å². The lowest BCUT2D eigenvalue weighted by atomic mass is 10.1. The molecule has 2 aromatic heterocycles. The van der Waals surface area contributed by atoms with Gasteiger partial charge in [-0.3, -0.25) is 14.9 Å². The highest BCUT2D eigenvalue weighted by Gasteiger charge is 2.29. The molecular weight excluding hydrogens is 514 g/mol. The normalized spacial score (nSPS) is 11.9. The molecule has 0 saturated heterocycles. The van der Waals surface area contributed by atoms with E-state index < -0.39 is 15.6 Å². The summed E-state index contributed by atoms with van der Waals surface area (Å²) in [4.78, 5) is 26.4. The highest BCUT2D eigenvalue weighted by atomic mass is 32.2. The van der Waals surface area contributed by atoms with Gasteiger partial charge in [-0.1, -0.05) is 37.2 Å². The molecule has 198 valence electrons. The number of aliphatic carboxylic acids is 1. The van der Waals surface area contributed by atoms with Gasteiger partial charge in [0.15, 0.2) is 4.34 Å². The van der Waals surface area contributed by atoms with Crippen LogP contribution in [0.5, 0.6) is 5.75 Å². The molecule has 0 aliphatic rings. The number of ether oxygens (including phenoxy) is 1. The number of benzene rings is 1. The number of allylic oxidation sites excluding steroid dienone is 1. The Morgan fingerprint density at radius 3 is 2.70 bits per heavy atom. The van der Waals surface area contributed by atoms with Crippen molar-refractivity contribution in [2.24, 2.45) is 0 Å². The number of rotatable bonds is 15. The maximum absolute atomic E-state index is 11.4. The van der Waals surface area contributed by atoms with Crippen LogP contribution in [0, 0.1) is 10.1 Å². The molecule has 0 saturated carbocycles. The van der Waals surface area contributed by atoms with E-state index in [9.17, 15) is 20.0 Å². The summed E-state index contributed by atoms with van der Waals surface area (Å²) in [5, 5.41) is 25.7. The predicted octanol–water partition coefficient (Wildman–Crippen LogP) is 6.19. The van der Waals surface area contributed by atoms with Gasteiger partial charge in [-0.15, -0.1) is 11.3 Å². The monoisotopic (exact) mass is 545 g/mol. The number of hydrogen-bond acceptors (Lipinski definition) is 9. The van der Waals surface area contributed by atoms with Crippen molar-refractivity contribution in [3.8, 4) is 5.75 Å². The smallest absolute Gasteiger partial charge is 0.433 e. The second-order valence-electron chi connectivity index (χ2n) is 8.81. The van der Waals surface area contributed by atoms with Crippen molar-refractivity contribution in [2.75, 3.05) is 13.2 Å². The molecule has 37 heavy (non-hydrogen) atoms. The number of aromatic nitrogens is 1. The van der Waals surface area contributed by atoms with Crippen molar-refractivity contribution >= 4 is 41.0 Å². The molecule has 1 aromatic carbocycles. The van der Waals surface area contributed by atoms with Crippen LogP contribution in [0.4, 0.5) is 5.88 Å². The van der Waals surface area contributed by atoms with E-state index in [1.165, 1.54) is 29.2 Å². The Balaban J connectivity index is 1.67. The third-order valence-corrected chi connectivity index (χ3v) is 7.47.